The zero-order chi connectivity index (χ0) is 24.1. The number of terminal acetylenes is 1. The van der Waals surface area contributed by atoms with Gasteiger partial charge in [0.05, 0.1) is 24.9 Å². The quantitative estimate of drug-likeness (QED) is 0.559. The number of hydrogen-bond donors (Lipinski definition) is 2. The molecule has 0 radical (unpaired) electrons. The highest BCUT2D eigenvalue weighted by Crippen LogP contribution is 2.29. The van der Waals surface area contributed by atoms with Gasteiger partial charge in [-0.3, -0.25) is 14.6 Å². The third-order valence-corrected chi connectivity index (χ3v) is 5.36. The number of nitrogens with one attached hydrogen (secondary N) is 2. The summed E-state index contributed by atoms with van der Waals surface area (Å²) < 4.78 is 5.40. The number of benzene rings is 2. The number of carbonyl (C=O) groups is 2. The molecule has 0 saturated heterocycles. The van der Waals surface area contributed by atoms with Crippen LogP contribution in [-0.4, -0.2) is 54.8 Å². The van der Waals surface area contributed by atoms with Crippen LogP contribution >= 0.6 is 0 Å². The van der Waals surface area contributed by atoms with Crippen molar-refractivity contribution >= 4 is 29.2 Å². The molecule has 8 heteroatoms. The monoisotopic (exact) mass is 453 g/mol. The van der Waals surface area contributed by atoms with Gasteiger partial charge in [0, 0.05) is 36.5 Å². The zero-order valence-electron chi connectivity index (χ0n) is 18.8. The van der Waals surface area contributed by atoms with E-state index < -0.39 is 5.91 Å². The molecule has 2 heterocycles. The van der Waals surface area contributed by atoms with Gasteiger partial charge in [0.1, 0.15) is 17.4 Å². The average Bonchev–Trinajstić information content (AvgIpc) is 3.30. The molecule has 0 aliphatic carbocycles. The first-order chi connectivity index (χ1) is 16.5. The Morgan fingerprint density at radius 3 is 2.47 bits per heavy atom. The Hall–Kier alpha value is -4.64. The molecule has 1 aromatic heterocycles. The van der Waals surface area contributed by atoms with Crippen molar-refractivity contribution in [2.24, 2.45) is 4.99 Å². The molecule has 170 valence electrons. The van der Waals surface area contributed by atoms with E-state index in [1.54, 1.807) is 42.5 Å². The highest BCUT2D eigenvalue weighted by atomic mass is 16.5. The van der Waals surface area contributed by atoms with E-state index in [2.05, 4.69) is 31.4 Å². The Labute approximate surface area is 197 Å². The number of hydrogen-bond acceptors (Lipinski definition) is 6. The van der Waals surface area contributed by atoms with Gasteiger partial charge in [-0.05, 0) is 36.4 Å². The lowest BCUT2D eigenvalue weighted by Gasteiger charge is -2.16. The van der Waals surface area contributed by atoms with Gasteiger partial charge in [0.15, 0.2) is 0 Å². The summed E-state index contributed by atoms with van der Waals surface area (Å²) in [4.78, 5) is 36.7. The van der Waals surface area contributed by atoms with Crippen LogP contribution in [0.15, 0.2) is 65.8 Å². The van der Waals surface area contributed by atoms with E-state index in [1.807, 2.05) is 19.2 Å². The molecule has 0 fully saturated rings. The van der Waals surface area contributed by atoms with Crippen molar-refractivity contribution in [2.45, 2.75) is 0 Å². The lowest BCUT2D eigenvalue weighted by molar-refractivity contribution is 0.102. The largest absolute Gasteiger partial charge is 0.495 e. The third-order valence-electron chi connectivity index (χ3n) is 5.36. The maximum Gasteiger partial charge on any atom is 0.259 e. The number of amidine groups is 1. The molecule has 0 spiro atoms. The molecular formula is C26H23N5O3. The van der Waals surface area contributed by atoms with Crippen molar-refractivity contribution in [2.75, 3.05) is 37.9 Å². The van der Waals surface area contributed by atoms with Crippen LogP contribution in [0.25, 0.3) is 0 Å². The zero-order valence-corrected chi connectivity index (χ0v) is 18.8. The number of aliphatic imine (C=N–C) groups is 1. The van der Waals surface area contributed by atoms with Crippen LogP contribution in [0.1, 0.15) is 31.8 Å². The molecule has 0 atom stereocenters. The van der Waals surface area contributed by atoms with Gasteiger partial charge in [0.2, 0.25) is 0 Å². The van der Waals surface area contributed by atoms with Crippen LogP contribution in [0.5, 0.6) is 5.75 Å². The smallest absolute Gasteiger partial charge is 0.259 e. The summed E-state index contributed by atoms with van der Waals surface area (Å²) in [6, 6.07) is 15.4. The van der Waals surface area contributed by atoms with Crippen LogP contribution in [0.3, 0.4) is 0 Å². The second-order valence-electron chi connectivity index (χ2n) is 7.57. The van der Waals surface area contributed by atoms with Gasteiger partial charge in [-0.15, -0.1) is 6.42 Å². The Morgan fingerprint density at radius 1 is 1.06 bits per heavy atom. The molecule has 3 aromatic rings. The summed E-state index contributed by atoms with van der Waals surface area (Å²) in [5.74, 6) is 3.24. The SMILES string of the molecule is C#Cc1ccc(NC(=O)c2cccc(OC)c2NC(=O)c2ccc(C3=NCCN3C)cc2)nc1. The van der Waals surface area contributed by atoms with Crippen molar-refractivity contribution in [3.05, 3.63) is 83.0 Å². The number of aromatic nitrogens is 1. The number of likely N-dealkylation sites (N-methyl/N-ethyl adjacent to an activating group) is 1. The first-order valence-electron chi connectivity index (χ1n) is 10.6. The topological polar surface area (TPSA) is 95.9 Å². The summed E-state index contributed by atoms with van der Waals surface area (Å²) in [5, 5.41) is 5.53. The molecule has 0 bridgehead atoms. The Morgan fingerprint density at radius 2 is 1.85 bits per heavy atom. The normalized spacial score (nSPS) is 12.5. The second-order valence-corrected chi connectivity index (χ2v) is 7.57. The molecule has 8 nitrogen and oxygen atoms in total. The van der Waals surface area contributed by atoms with Crippen LogP contribution in [0.2, 0.25) is 0 Å². The molecular weight excluding hydrogens is 430 g/mol. The van der Waals surface area contributed by atoms with Gasteiger partial charge in [-0.2, -0.15) is 0 Å². The molecule has 4 rings (SSSR count). The van der Waals surface area contributed by atoms with E-state index in [0.29, 0.717) is 22.7 Å². The van der Waals surface area contributed by atoms with Gasteiger partial charge < -0.3 is 20.3 Å². The summed E-state index contributed by atoms with van der Waals surface area (Å²) >= 11 is 0. The van der Waals surface area contributed by atoms with Crippen molar-refractivity contribution in [1.82, 2.24) is 9.88 Å². The number of pyridine rings is 1. The van der Waals surface area contributed by atoms with E-state index in [0.717, 1.165) is 24.5 Å². The van der Waals surface area contributed by atoms with Crippen LogP contribution in [0.4, 0.5) is 11.5 Å². The van der Waals surface area contributed by atoms with E-state index in [-0.39, 0.29) is 17.2 Å². The van der Waals surface area contributed by atoms with Gasteiger partial charge in [-0.1, -0.05) is 24.1 Å². The number of nitrogens with zero attached hydrogens (tertiary/aromatic N) is 3. The Balaban J connectivity index is 1.55. The van der Waals surface area contributed by atoms with E-state index in [4.69, 9.17) is 11.2 Å². The highest BCUT2D eigenvalue weighted by molar-refractivity contribution is 6.13. The van der Waals surface area contributed by atoms with Crippen LogP contribution < -0.4 is 15.4 Å². The summed E-state index contributed by atoms with van der Waals surface area (Å²) in [6.07, 6.45) is 6.83. The molecule has 0 saturated carbocycles. The van der Waals surface area contributed by atoms with E-state index in [9.17, 15) is 9.59 Å². The number of methoxy groups -OCH3 is 1. The van der Waals surface area contributed by atoms with Crippen molar-refractivity contribution in [3.8, 4) is 18.1 Å². The number of anilines is 2. The fourth-order valence-corrected chi connectivity index (χ4v) is 3.56. The summed E-state index contributed by atoms with van der Waals surface area (Å²) in [6.45, 7) is 1.63. The Bertz CT molecular complexity index is 1290. The first-order valence-corrected chi connectivity index (χ1v) is 10.6. The average molecular weight is 454 g/mol. The fourth-order valence-electron chi connectivity index (χ4n) is 3.56. The molecule has 2 aromatic carbocycles. The minimum Gasteiger partial charge on any atom is -0.495 e. The van der Waals surface area contributed by atoms with Crippen LogP contribution in [0, 0.1) is 12.3 Å². The van der Waals surface area contributed by atoms with Crippen molar-refractivity contribution < 1.29 is 14.3 Å². The lowest BCUT2D eigenvalue weighted by Crippen LogP contribution is -2.23. The minimum absolute atomic E-state index is 0.231. The predicted octanol–water partition coefficient (Wildman–Crippen LogP) is 3.27. The Kier molecular flexibility index (Phi) is 6.55. The van der Waals surface area contributed by atoms with Gasteiger partial charge in [0.25, 0.3) is 11.8 Å². The number of para-hydroxylation sites is 1. The maximum absolute atomic E-state index is 13.0. The fraction of sp³-hybridized carbons (Fsp3) is 0.154. The second kappa shape index (κ2) is 9.88. The summed E-state index contributed by atoms with van der Waals surface area (Å²) in [7, 11) is 3.46. The number of carbonyl (C=O) groups excluding carboxylic acids is 2. The summed E-state index contributed by atoms with van der Waals surface area (Å²) in [5.41, 5.74) is 2.47. The van der Waals surface area contributed by atoms with Crippen molar-refractivity contribution in [3.63, 3.8) is 0 Å². The highest BCUT2D eigenvalue weighted by Gasteiger charge is 2.20. The number of amides is 2. The van der Waals surface area contributed by atoms with Crippen molar-refractivity contribution in [1.29, 1.82) is 0 Å². The molecule has 2 amide bonds. The van der Waals surface area contributed by atoms with E-state index >= 15 is 0 Å². The molecule has 0 unspecified atom stereocenters. The van der Waals surface area contributed by atoms with E-state index in [1.165, 1.54) is 13.3 Å². The number of rotatable bonds is 6. The lowest BCUT2D eigenvalue weighted by atomic mass is 10.1. The number of ether oxygens (including phenoxy) is 1. The van der Waals surface area contributed by atoms with Gasteiger partial charge in [-0.25, -0.2) is 4.98 Å². The molecule has 2 N–H and O–H groups in total. The van der Waals surface area contributed by atoms with Gasteiger partial charge >= 0.3 is 0 Å². The molecule has 1 aliphatic heterocycles. The predicted molar refractivity (Wildman–Crippen MR) is 132 cm³/mol. The standard InChI is InChI=1S/C26H23N5O3/c1-4-17-8-13-22(28-16-17)29-26(33)20-6-5-7-21(34-3)23(20)30-25(32)19-11-9-18(10-12-19)24-27-14-15-31(24)2/h1,5-13,16H,14-15H2,2-3H3,(H,30,32)(H,28,29,33). The van der Waals surface area contributed by atoms with Crippen LogP contribution in [-0.2, 0) is 0 Å². The minimum atomic E-state index is -0.451. The molecule has 34 heavy (non-hydrogen) atoms. The first kappa shape index (κ1) is 22.6. The third kappa shape index (κ3) is 4.74. The molecule has 1 aliphatic rings. The maximum atomic E-state index is 13.0.